The molecule has 0 fully saturated rings. The van der Waals surface area contributed by atoms with Crippen LogP contribution in [0.15, 0.2) is 41.8 Å². The Kier molecular flexibility index (Phi) is 3.50. The molecule has 2 heterocycles. The van der Waals surface area contributed by atoms with E-state index in [1.165, 1.54) is 4.88 Å². The average molecular weight is 308 g/mol. The third-order valence-corrected chi connectivity index (χ3v) is 4.14. The Balaban J connectivity index is 2.03. The van der Waals surface area contributed by atoms with Crippen LogP contribution in [0.25, 0.3) is 5.69 Å². The zero-order chi connectivity index (χ0) is 13.2. The van der Waals surface area contributed by atoms with Crippen LogP contribution >= 0.6 is 35.2 Å². The standard InChI is InChI=1S/C13H10ClN3S2/c14-9-3-5-10(6-4-9)17-12(15-16-13(17)18)8-11-2-1-7-19-11/h1-7H,8H2,(H,16,18). The van der Waals surface area contributed by atoms with Gasteiger partial charge in [-0.2, -0.15) is 5.10 Å². The summed E-state index contributed by atoms with van der Waals surface area (Å²) in [5, 5.41) is 9.92. The summed E-state index contributed by atoms with van der Waals surface area (Å²) in [5.41, 5.74) is 0.967. The molecule has 0 aliphatic rings. The highest BCUT2D eigenvalue weighted by Crippen LogP contribution is 2.18. The number of hydrogen-bond donors (Lipinski definition) is 1. The summed E-state index contributed by atoms with van der Waals surface area (Å²) in [4.78, 5) is 1.25. The lowest BCUT2D eigenvalue weighted by Gasteiger charge is -2.06. The fraction of sp³-hybridized carbons (Fsp3) is 0.0769. The van der Waals surface area contributed by atoms with Crippen LogP contribution in [0.5, 0.6) is 0 Å². The van der Waals surface area contributed by atoms with Crippen molar-refractivity contribution in [2.45, 2.75) is 6.42 Å². The largest absolute Gasteiger partial charge is 0.272 e. The van der Waals surface area contributed by atoms with Gasteiger partial charge in [-0.15, -0.1) is 11.3 Å². The molecule has 2 aromatic heterocycles. The van der Waals surface area contributed by atoms with Crippen LogP contribution in [0.3, 0.4) is 0 Å². The lowest BCUT2D eigenvalue weighted by atomic mass is 10.3. The number of nitrogens with one attached hydrogen (secondary N) is 1. The van der Waals surface area contributed by atoms with E-state index in [-0.39, 0.29) is 0 Å². The van der Waals surface area contributed by atoms with Gasteiger partial charge in [-0.1, -0.05) is 17.7 Å². The monoisotopic (exact) mass is 307 g/mol. The third kappa shape index (κ3) is 2.63. The van der Waals surface area contributed by atoms with E-state index in [4.69, 9.17) is 23.8 Å². The molecule has 0 unspecified atom stereocenters. The highest BCUT2D eigenvalue weighted by atomic mass is 35.5. The van der Waals surface area contributed by atoms with Gasteiger partial charge in [0.05, 0.1) is 0 Å². The van der Waals surface area contributed by atoms with E-state index in [0.29, 0.717) is 9.79 Å². The van der Waals surface area contributed by atoms with Gasteiger partial charge in [0.15, 0.2) is 4.77 Å². The number of aromatic nitrogens is 3. The third-order valence-electron chi connectivity index (χ3n) is 2.74. The minimum Gasteiger partial charge on any atom is -0.272 e. The normalized spacial score (nSPS) is 10.8. The predicted octanol–water partition coefficient (Wildman–Crippen LogP) is 4.24. The maximum atomic E-state index is 5.91. The lowest BCUT2D eigenvalue weighted by Crippen LogP contribution is -2.01. The number of H-pyrrole nitrogens is 1. The van der Waals surface area contributed by atoms with Gasteiger partial charge in [0.2, 0.25) is 0 Å². The van der Waals surface area contributed by atoms with Crippen LogP contribution in [0, 0.1) is 4.77 Å². The molecule has 0 aliphatic carbocycles. The first-order chi connectivity index (χ1) is 9.24. The maximum absolute atomic E-state index is 5.91. The Morgan fingerprint density at radius 1 is 1.26 bits per heavy atom. The minimum absolute atomic E-state index is 0.592. The quantitative estimate of drug-likeness (QED) is 0.734. The summed E-state index contributed by atoms with van der Waals surface area (Å²) in [6, 6.07) is 11.7. The second-order valence-electron chi connectivity index (χ2n) is 4.01. The fourth-order valence-electron chi connectivity index (χ4n) is 1.87. The molecule has 96 valence electrons. The summed E-state index contributed by atoms with van der Waals surface area (Å²) >= 11 is 12.9. The zero-order valence-corrected chi connectivity index (χ0v) is 12.2. The van der Waals surface area contributed by atoms with Crippen LogP contribution < -0.4 is 0 Å². The SMILES string of the molecule is S=c1[nH]nc(Cc2cccs2)n1-c1ccc(Cl)cc1. The minimum atomic E-state index is 0.592. The maximum Gasteiger partial charge on any atom is 0.199 e. The molecule has 0 bridgehead atoms. The van der Waals surface area contributed by atoms with E-state index in [1.54, 1.807) is 11.3 Å². The van der Waals surface area contributed by atoms with Crippen molar-refractivity contribution < 1.29 is 0 Å². The van der Waals surface area contributed by atoms with Gasteiger partial charge in [-0.05, 0) is 47.9 Å². The van der Waals surface area contributed by atoms with Crippen LogP contribution in [0.1, 0.15) is 10.7 Å². The summed E-state index contributed by atoms with van der Waals surface area (Å²) in [6.07, 6.45) is 0.757. The highest BCUT2D eigenvalue weighted by molar-refractivity contribution is 7.71. The molecule has 3 aromatic rings. The van der Waals surface area contributed by atoms with E-state index in [2.05, 4.69) is 21.6 Å². The van der Waals surface area contributed by atoms with Crippen molar-refractivity contribution in [3.05, 3.63) is 62.3 Å². The van der Waals surface area contributed by atoms with E-state index in [9.17, 15) is 0 Å². The summed E-state index contributed by atoms with van der Waals surface area (Å²) < 4.78 is 2.53. The topological polar surface area (TPSA) is 33.6 Å². The zero-order valence-electron chi connectivity index (χ0n) is 9.84. The van der Waals surface area contributed by atoms with Gasteiger partial charge in [0.25, 0.3) is 0 Å². The van der Waals surface area contributed by atoms with Gasteiger partial charge in [0, 0.05) is 22.0 Å². The second-order valence-corrected chi connectivity index (χ2v) is 5.87. The Hall–Kier alpha value is -1.43. The molecule has 0 atom stereocenters. The number of benzene rings is 1. The van der Waals surface area contributed by atoms with E-state index < -0.39 is 0 Å². The van der Waals surface area contributed by atoms with Gasteiger partial charge >= 0.3 is 0 Å². The van der Waals surface area contributed by atoms with E-state index >= 15 is 0 Å². The molecule has 0 radical (unpaired) electrons. The van der Waals surface area contributed by atoms with Crippen molar-refractivity contribution in [1.29, 1.82) is 0 Å². The first-order valence-corrected chi connectivity index (χ1v) is 7.35. The Labute approximate surface area is 124 Å². The molecule has 3 rings (SSSR count). The van der Waals surface area contributed by atoms with Crippen LogP contribution in [-0.2, 0) is 6.42 Å². The van der Waals surface area contributed by atoms with Crippen molar-refractivity contribution in [3.8, 4) is 5.69 Å². The number of nitrogens with zero attached hydrogens (tertiary/aromatic N) is 2. The second kappa shape index (κ2) is 5.28. The number of thiophene rings is 1. The number of hydrogen-bond acceptors (Lipinski definition) is 3. The van der Waals surface area contributed by atoms with Gasteiger partial charge in [-0.25, -0.2) is 0 Å². The number of aromatic amines is 1. The average Bonchev–Trinajstić information content (AvgIpc) is 3.02. The molecule has 1 N–H and O–H groups in total. The number of halogens is 1. The van der Waals surface area contributed by atoms with E-state index in [0.717, 1.165) is 17.9 Å². The molecule has 0 saturated heterocycles. The Bertz CT molecular complexity index is 726. The van der Waals surface area contributed by atoms with Crippen molar-refractivity contribution in [2.75, 3.05) is 0 Å². The van der Waals surface area contributed by atoms with Gasteiger partial charge in [0.1, 0.15) is 5.82 Å². The van der Waals surface area contributed by atoms with Gasteiger partial charge < -0.3 is 0 Å². The fourth-order valence-corrected chi connectivity index (χ4v) is 2.96. The first-order valence-electron chi connectivity index (χ1n) is 5.68. The predicted molar refractivity (Wildman–Crippen MR) is 80.9 cm³/mol. The molecule has 6 heteroatoms. The molecule has 0 spiro atoms. The van der Waals surface area contributed by atoms with Gasteiger partial charge in [-0.3, -0.25) is 9.67 Å². The van der Waals surface area contributed by atoms with Crippen LogP contribution in [0.2, 0.25) is 5.02 Å². The van der Waals surface area contributed by atoms with Crippen molar-refractivity contribution in [1.82, 2.24) is 14.8 Å². The van der Waals surface area contributed by atoms with Crippen LogP contribution in [0.4, 0.5) is 0 Å². The Morgan fingerprint density at radius 2 is 2.05 bits per heavy atom. The van der Waals surface area contributed by atoms with Crippen molar-refractivity contribution in [3.63, 3.8) is 0 Å². The van der Waals surface area contributed by atoms with E-state index in [1.807, 2.05) is 34.9 Å². The molecule has 19 heavy (non-hydrogen) atoms. The molecular formula is C13H10ClN3S2. The molecule has 3 nitrogen and oxygen atoms in total. The molecule has 0 saturated carbocycles. The smallest absolute Gasteiger partial charge is 0.199 e. The Morgan fingerprint density at radius 3 is 2.74 bits per heavy atom. The highest BCUT2D eigenvalue weighted by Gasteiger charge is 2.09. The summed E-state index contributed by atoms with van der Waals surface area (Å²) in [7, 11) is 0. The lowest BCUT2D eigenvalue weighted by molar-refractivity contribution is 0.910. The van der Waals surface area contributed by atoms with Crippen LogP contribution in [-0.4, -0.2) is 14.8 Å². The molecule has 0 aliphatic heterocycles. The van der Waals surface area contributed by atoms with Crippen molar-refractivity contribution in [2.24, 2.45) is 0 Å². The molecule has 1 aromatic carbocycles. The molecular weight excluding hydrogens is 298 g/mol. The summed E-state index contributed by atoms with van der Waals surface area (Å²) in [6.45, 7) is 0. The molecule has 0 amide bonds. The first kappa shape index (κ1) is 12.6. The summed E-state index contributed by atoms with van der Waals surface area (Å²) in [5.74, 6) is 0.898. The number of rotatable bonds is 3. The van der Waals surface area contributed by atoms with Crippen molar-refractivity contribution >= 4 is 35.2 Å².